The first-order valence-electron chi connectivity index (χ1n) is 3.66. The predicted molar refractivity (Wildman–Crippen MR) is 42.2 cm³/mol. The van der Waals surface area contributed by atoms with E-state index in [0.29, 0.717) is 0 Å². The maximum absolute atomic E-state index is 13.0. The van der Waals surface area contributed by atoms with E-state index in [4.69, 9.17) is 5.26 Å². The summed E-state index contributed by atoms with van der Waals surface area (Å²) in [7, 11) is -5.14. The van der Waals surface area contributed by atoms with E-state index in [0.717, 1.165) is 10.9 Å². The zero-order valence-corrected chi connectivity index (χ0v) is 8.38. The molecule has 0 spiro atoms. The van der Waals surface area contributed by atoms with Crippen molar-refractivity contribution in [1.29, 1.82) is 5.26 Å². The highest BCUT2D eigenvalue weighted by atomic mass is 32.2. The third-order valence-electron chi connectivity index (χ3n) is 1.62. The molecule has 0 saturated carbocycles. The Balaban J connectivity index is 3.75. The molecule has 0 bridgehead atoms. The van der Waals surface area contributed by atoms with Gasteiger partial charge in [-0.2, -0.15) is 5.26 Å². The fraction of sp³-hybridized carbons (Fsp3) is 0. The Kier molecular flexibility index (Phi) is 3.23. The highest BCUT2D eigenvalue weighted by Crippen LogP contribution is 2.26. The maximum Gasteiger partial charge on any atom is 0.276 e. The average Bonchev–Trinajstić information content (AvgIpc) is 2.23. The summed E-state index contributed by atoms with van der Waals surface area (Å²) in [6.45, 7) is 0. The summed E-state index contributed by atoms with van der Waals surface area (Å²) >= 11 is 0. The third-order valence-corrected chi connectivity index (χ3v) is 2.87. The van der Waals surface area contributed by atoms with Gasteiger partial charge in [0.1, 0.15) is 0 Å². The van der Waals surface area contributed by atoms with Gasteiger partial charge >= 0.3 is 0 Å². The number of sulfonamides is 1. The standard InChI is InChI=1S/C7HF5N2O2S/c8-2-3(9)5(11)7(6(12)4(2)10)17(15,16)14-1-13/h14H. The van der Waals surface area contributed by atoms with Crippen LogP contribution in [0.2, 0.25) is 0 Å². The zero-order valence-electron chi connectivity index (χ0n) is 7.56. The Morgan fingerprint density at radius 3 is 1.59 bits per heavy atom. The van der Waals surface area contributed by atoms with Crippen LogP contribution in [0.15, 0.2) is 4.90 Å². The van der Waals surface area contributed by atoms with Gasteiger partial charge in [0.05, 0.1) is 0 Å². The molecule has 0 amide bonds. The molecule has 0 heterocycles. The van der Waals surface area contributed by atoms with Crippen LogP contribution in [0.4, 0.5) is 22.0 Å². The number of hydrogen-bond donors (Lipinski definition) is 1. The van der Waals surface area contributed by atoms with Gasteiger partial charge in [-0.15, -0.1) is 0 Å². The summed E-state index contributed by atoms with van der Waals surface area (Å²) in [5, 5.41) is 7.99. The first kappa shape index (κ1) is 13.2. The SMILES string of the molecule is N#CNS(=O)(=O)c1c(F)c(F)c(F)c(F)c1F. The van der Waals surface area contributed by atoms with E-state index in [1.165, 1.54) is 0 Å². The van der Waals surface area contributed by atoms with Crippen molar-refractivity contribution < 1.29 is 30.4 Å². The number of hydrogen-bond acceptors (Lipinski definition) is 3. The van der Waals surface area contributed by atoms with Gasteiger partial charge < -0.3 is 0 Å². The molecule has 0 radical (unpaired) electrons. The van der Waals surface area contributed by atoms with E-state index >= 15 is 0 Å². The summed E-state index contributed by atoms with van der Waals surface area (Å²) in [5.41, 5.74) is 0. The molecule has 1 N–H and O–H groups in total. The molecule has 4 nitrogen and oxygen atoms in total. The lowest BCUT2D eigenvalue weighted by atomic mass is 10.3. The molecule has 0 saturated heterocycles. The molecule has 0 aliphatic rings. The summed E-state index contributed by atoms with van der Waals surface area (Å²) in [6, 6.07) is 0. The number of nitrogens with one attached hydrogen (secondary N) is 1. The zero-order chi connectivity index (χ0) is 13.4. The Bertz CT molecular complexity index is 593. The van der Waals surface area contributed by atoms with Crippen LogP contribution in [-0.2, 0) is 10.0 Å². The van der Waals surface area contributed by atoms with Gasteiger partial charge in [0, 0.05) is 0 Å². The Morgan fingerprint density at radius 2 is 1.24 bits per heavy atom. The first-order chi connectivity index (χ1) is 7.74. The van der Waals surface area contributed by atoms with Crippen molar-refractivity contribution in [3.63, 3.8) is 0 Å². The van der Waals surface area contributed by atoms with Crippen molar-refractivity contribution in [2.75, 3.05) is 0 Å². The number of rotatable bonds is 2. The van der Waals surface area contributed by atoms with Crippen LogP contribution in [0.25, 0.3) is 0 Å². The molecule has 0 aliphatic carbocycles. The molecule has 17 heavy (non-hydrogen) atoms. The van der Waals surface area contributed by atoms with Crippen molar-refractivity contribution >= 4 is 10.0 Å². The van der Waals surface area contributed by atoms with Crippen LogP contribution < -0.4 is 4.72 Å². The van der Waals surface area contributed by atoms with E-state index in [2.05, 4.69) is 0 Å². The van der Waals surface area contributed by atoms with E-state index in [1.54, 1.807) is 0 Å². The van der Waals surface area contributed by atoms with Gasteiger partial charge in [0.2, 0.25) is 5.82 Å². The lowest BCUT2D eigenvalue weighted by Gasteiger charge is -2.07. The summed E-state index contributed by atoms with van der Waals surface area (Å²) < 4.78 is 86.8. The number of nitriles is 1. The van der Waals surface area contributed by atoms with Crippen molar-refractivity contribution in [2.45, 2.75) is 4.90 Å². The summed E-state index contributed by atoms with van der Waals surface area (Å²) in [5.74, 6) is -12.4. The van der Waals surface area contributed by atoms with Crippen LogP contribution in [0.3, 0.4) is 0 Å². The second-order valence-electron chi connectivity index (χ2n) is 2.62. The van der Waals surface area contributed by atoms with Crippen molar-refractivity contribution in [2.24, 2.45) is 0 Å². The van der Waals surface area contributed by atoms with Gasteiger partial charge in [-0.25, -0.2) is 35.1 Å². The molecular formula is C7HF5N2O2S. The van der Waals surface area contributed by atoms with Gasteiger partial charge in [0.25, 0.3) is 10.0 Å². The minimum absolute atomic E-state index is 0.804. The molecule has 10 heteroatoms. The minimum atomic E-state index is -5.14. The van der Waals surface area contributed by atoms with Crippen molar-refractivity contribution in [3.8, 4) is 6.19 Å². The summed E-state index contributed by atoms with van der Waals surface area (Å²) in [6.07, 6.45) is 0.804. The molecule has 92 valence electrons. The Hall–Kier alpha value is -1.89. The van der Waals surface area contributed by atoms with Gasteiger partial charge in [-0.1, -0.05) is 0 Å². The van der Waals surface area contributed by atoms with E-state index in [9.17, 15) is 30.4 Å². The average molecular weight is 272 g/mol. The molecule has 0 atom stereocenters. The van der Waals surface area contributed by atoms with Crippen LogP contribution in [0.1, 0.15) is 0 Å². The fourth-order valence-electron chi connectivity index (χ4n) is 0.932. The van der Waals surface area contributed by atoms with Crippen molar-refractivity contribution in [3.05, 3.63) is 29.1 Å². The molecule has 0 unspecified atom stereocenters. The lowest BCUT2D eigenvalue weighted by molar-refractivity contribution is 0.357. The molecule has 1 rings (SSSR count). The number of benzene rings is 1. The van der Waals surface area contributed by atoms with Crippen LogP contribution in [0.5, 0.6) is 0 Å². The van der Waals surface area contributed by atoms with Crippen LogP contribution in [0, 0.1) is 40.5 Å². The molecule has 0 aliphatic heterocycles. The monoisotopic (exact) mass is 272 g/mol. The molecule has 1 aromatic rings. The van der Waals surface area contributed by atoms with Gasteiger partial charge in [-0.05, 0) is 0 Å². The van der Waals surface area contributed by atoms with E-state index < -0.39 is 44.0 Å². The Labute approximate surface area is 91.3 Å². The fourth-order valence-corrected chi connectivity index (χ4v) is 1.81. The molecule has 1 aromatic carbocycles. The predicted octanol–water partition coefficient (Wildman–Crippen LogP) is 1.14. The first-order valence-corrected chi connectivity index (χ1v) is 5.14. The minimum Gasteiger partial charge on any atom is -0.215 e. The topological polar surface area (TPSA) is 70.0 Å². The third kappa shape index (κ3) is 2.01. The number of nitrogens with zero attached hydrogens (tertiary/aromatic N) is 1. The highest BCUT2D eigenvalue weighted by Gasteiger charge is 2.33. The van der Waals surface area contributed by atoms with E-state index in [-0.39, 0.29) is 0 Å². The molecule has 0 fully saturated rings. The molecule has 0 aromatic heterocycles. The Morgan fingerprint density at radius 1 is 0.882 bits per heavy atom. The van der Waals surface area contributed by atoms with Gasteiger partial charge in [0.15, 0.2) is 34.4 Å². The second-order valence-corrected chi connectivity index (χ2v) is 4.24. The van der Waals surface area contributed by atoms with E-state index in [1.807, 2.05) is 0 Å². The maximum atomic E-state index is 13.0. The second kappa shape index (κ2) is 4.17. The number of halogens is 5. The largest absolute Gasteiger partial charge is 0.276 e. The highest BCUT2D eigenvalue weighted by molar-refractivity contribution is 7.89. The normalized spacial score (nSPS) is 11.1. The summed E-state index contributed by atoms with van der Waals surface area (Å²) in [4.78, 5) is -2.10. The quantitative estimate of drug-likeness (QED) is 0.288. The lowest BCUT2D eigenvalue weighted by Crippen LogP contribution is -2.23. The molecular weight excluding hydrogens is 271 g/mol. The smallest absolute Gasteiger partial charge is 0.215 e. The van der Waals surface area contributed by atoms with Crippen LogP contribution >= 0.6 is 0 Å². The van der Waals surface area contributed by atoms with Crippen LogP contribution in [-0.4, -0.2) is 8.42 Å². The van der Waals surface area contributed by atoms with Crippen molar-refractivity contribution in [1.82, 2.24) is 4.72 Å². The van der Waals surface area contributed by atoms with Gasteiger partial charge in [-0.3, -0.25) is 0 Å².